The molecular weight excluding hydrogens is 293 g/mol. The molecule has 0 aliphatic heterocycles. The molecule has 0 bridgehead atoms. The first-order valence-electron chi connectivity index (χ1n) is 5.89. The Balaban J connectivity index is 1.98. The largest absolute Gasteiger partial charge is 0.478 e. The molecule has 0 atom stereocenters. The quantitative estimate of drug-likeness (QED) is 0.804. The zero-order valence-electron chi connectivity index (χ0n) is 10.5. The minimum Gasteiger partial charge on any atom is -0.478 e. The number of carboxylic acid groups (broad SMARTS) is 1. The molecule has 0 aromatic carbocycles. The normalized spacial score (nSPS) is 10.5. The highest BCUT2D eigenvalue weighted by atomic mass is 32.1. The van der Waals surface area contributed by atoms with Gasteiger partial charge < -0.3 is 5.11 Å². The topological polar surface area (TPSA) is 76.0 Å². The molecule has 0 unspecified atom stereocenters. The van der Waals surface area contributed by atoms with Gasteiger partial charge >= 0.3 is 5.97 Å². The molecule has 7 heteroatoms. The lowest BCUT2D eigenvalue weighted by molar-refractivity contribution is 0.0697. The van der Waals surface area contributed by atoms with Crippen LogP contribution in [0.4, 0.5) is 4.39 Å². The number of aromatic carboxylic acids is 1. The molecule has 0 spiro atoms. The van der Waals surface area contributed by atoms with Crippen molar-refractivity contribution >= 4 is 17.3 Å². The zero-order chi connectivity index (χ0) is 14.8. The van der Waals surface area contributed by atoms with Crippen LogP contribution in [0.25, 0.3) is 22.0 Å². The highest BCUT2D eigenvalue weighted by Gasteiger charge is 2.11. The van der Waals surface area contributed by atoms with Gasteiger partial charge in [0.25, 0.3) is 0 Å². The maximum absolute atomic E-state index is 13.2. The van der Waals surface area contributed by atoms with Gasteiger partial charge in [0.2, 0.25) is 0 Å². The molecule has 104 valence electrons. The summed E-state index contributed by atoms with van der Waals surface area (Å²) in [4.78, 5) is 23.2. The second-order valence-corrected chi connectivity index (χ2v) is 5.02. The minimum absolute atomic E-state index is 0.143. The lowest BCUT2D eigenvalue weighted by atomic mass is 10.2. The number of hydrogen-bond acceptors (Lipinski definition) is 5. The fourth-order valence-corrected chi connectivity index (χ4v) is 2.55. The number of rotatable bonds is 3. The summed E-state index contributed by atoms with van der Waals surface area (Å²) in [5, 5.41) is 11.3. The number of hydrogen-bond donors (Lipinski definition) is 1. The molecule has 1 N–H and O–H groups in total. The Kier molecular flexibility index (Phi) is 3.41. The van der Waals surface area contributed by atoms with E-state index in [1.54, 1.807) is 5.38 Å². The summed E-state index contributed by atoms with van der Waals surface area (Å²) in [5.74, 6) is -1.46. The fourth-order valence-electron chi connectivity index (χ4n) is 1.76. The third-order valence-corrected chi connectivity index (χ3v) is 3.60. The van der Waals surface area contributed by atoms with Gasteiger partial charge in [-0.3, -0.25) is 9.97 Å². The molecule has 3 aromatic heterocycles. The summed E-state index contributed by atoms with van der Waals surface area (Å²) in [6.45, 7) is 0. The van der Waals surface area contributed by atoms with Crippen molar-refractivity contribution in [3.8, 4) is 22.0 Å². The Morgan fingerprint density at radius 1 is 1.24 bits per heavy atom. The molecule has 3 aromatic rings. The van der Waals surface area contributed by atoms with Gasteiger partial charge in [0, 0.05) is 23.3 Å². The summed E-state index contributed by atoms with van der Waals surface area (Å²) in [5.41, 5.74) is 1.75. The van der Waals surface area contributed by atoms with Gasteiger partial charge in [-0.05, 0) is 18.2 Å². The Morgan fingerprint density at radius 2 is 2.10 bits per heavy atom. The van der Waals surface area contributed by atoms with Crippen molar-refractivity contribution in [1.82, 2.24) is 15.0 Å². The van der Waals surface area contributed by atoms with Crippen LogP contribution in [0.3, 0.4) is 0 Å². The first-order chi connectivity index (χ1) is 10.1. The van der Waals surface area contributed by atoms with Gasteiger partial charge in [-0.1, -0.05) is 0 Å². The van der Waals surface area contributed by atoms with Crippen LogP contribution in [-0.2, 0) is 0 Å². The maximum Gasteiger partial charge on any atom is 0.335 e. The monoisotopic (exact) mass is 301 g/mol. The summed E-state index contributed by atoms with van der Waals surface area (Å²) >= 11 is 1.31. The van der Waals surface area contributed by atoms with Crippen LogP contribution in [0.5, 0.6) is 0 Å². The predicted octanol–water partition coefficient (Wildman–Crippen LogP) is 3.10. The van der Waals surface area contributed by atoms with Crippen molar-refractivity contribution in [2.24, 2.45) is 0 Å². The molecule has 0 radical (unpaired) electrons. The highest BCUT2D eigenvalue weighted by molar-refractivity contribution is 7.13. The lowest BCUT2D eigenvalue weighted by Gasteiger charge is -1.98. The number of nitrogens with zero attached hydrogens (tertiary/aromatic N) is 3. The number of halogens is 1. The highest BCUT2D eigenvalue weighted by Crippen LogP contribution is 2.28. The fraction of sp³-hybridized carbons (Fsp3) is 0. The average molecular weight is 301 g/mol. The van der Waals surface area contributed by atoms with Crippen molar-refractivity contribution in [3.05, 3.63) is 53.6 Å². The summed E-state index contributed by atoms with van der Waals surface area (Å²) in [6.07, 6.45) is 4.06. The van der Waals surface area contributed by atoms with Gasteiger partial charge in [-0.15, -0.1) is 11.3 Å². The second-order valence-electron chi connectivity index (χ2n) is 4.16. The molecular formula is C14H8FN3O2S. The van der Waals surface area contributed by atoms with Crippen molar-refractivity contribution < 1.29 is 14.3 Å². The third-order valence-electron chi connectivity index (χ3n) is 2.73. The standard InChI is InChI=1S/C14H8FN3O2S/c15-10-3-9(5-16-6-10)12-7-21-13(18-12)11-4-8(14(19)20)1-2-17-11/h1-7H,(H,19,20). The molecule has 0 saturated carbocycles. The minimum atomic E-state index is -1.02. The molecule has 0 saturated heterocycles. The van der Waals surface area contributed by atoms with Gasteiger partial charge in [-0.25, -0.2) is 14.2 Å². The maximum atomic E-state index is 13.2. The first kappa shape index (κ1) is 13.3. The van der Waals surface area contributed by atoms with Gasteiger partial charge in [0.1, 0.15) is 10.8 Å². The van der Waals surface area contributed by atoms with E-state index in [-0.39, 0.29) is 5.56 Å². The number of pyridine rings is 2. The van der Waals surface area contributed by atoms with Crippen LogP contribution in [-0.4, -0.2) is 26.0 Å². The number of carbonyl (C=O) groups is 1. The van der Waals surface area contributed by atoms with E-state index in [0.717, 1.165) is 6.20 Å². The van der Waals surface area contributed by atoms with Crippen molar-refractivity contribution in [2.75, 3.05) is 0 Å². The van der Waals surface area contributed by atoms with Crippen LogP contribution >= 0.6 is 11.3 Å². The molecule has 3 rings (SSSR count). The van der Waals surface area contributed by atoms with Gasteiger partial charge in [-0.2, -0.15) is 0 Å². The first-order valence-corrected chi connectivity index (χ1v) is 6.77. The van der Waals surface area contributed by atoms with Crippen LogP contribution in [0.15, 0.2) is 42.2 Å². The number of carboxylic acids is 1. The van der Waals surface area contributed by atoms with Gasteiger partial charge in [0.15, 0.2) is 0 Å². The van der Waals surface area contributed by atoms with Gasteiger partial charge in [0.05, 0.1) is 23.1 Å². The van der Waals surface area contributed by atoms with Crippen molar-refractivity contribution in [2.45, 2.75) is 0 Å². The van der Waals surface area contributed by atoms with Crippen molar-refractivity contribution in [1.29, 1.82) is 0 Å². The third kappa shape index (κ3) is 2.77. The molecule has 0 fully saturated rings. The predicted molar refractivity (Wildman–Crippen MR) is 75.5 cm³/mol. The molecule has 0 amide bonds. The van der Waals surface area contributed by atoms with Crippen LogP contribution in [0.2, 0.25) is 0 Å². The summed E-state index contributed by atoms with van der Waals surface area (Å²) in [6, 6.07) is 4.21. The molecule has 0 aliphatic rings. The second kappa shape index (κ2) is 5.37. The van der Waals surface area contributed by atoms with E-state index in [4.69, 9.17) is 5.11 Å². The van der Waals surface area contributed by atoms with Crippen molar-refractivity contribution in [3.63, 3.8) is 0 Å². The van der Waals surface area contributed by atoms with Crippen LogP contribution < -0.4 is 0 Å². The summed E-state index contributed by atoms with van der Waals surface area (Å²) < 4.78 is 13.2. The van der Waals surface area contributed by atoms with E-state index in [0.29, 0.717) is 22.0 Å². The van der Waals surface area contributed by atoms with E-state index in [9.17, 15) is 9.18 Å². The van der Waals surface area contributed by atoms with E-state index in [1.165, 1.54) is 41.9 Å². The Labute approximate surface area is 122 Å². The molecule has 3 heterocycles. The Bertz CT molecular complexity index is 819. The zero-order valence-corrected chi connectivity index (χ0v) is 11.3. The number of aromatic nitrogens is 3. The van der Waals surface area contributed by atoms with E-state index in [2.05, 4.69) is 15.0 Å². The SMILES string of the molecule is O=C(O)c1ccnc(-c2nc(-c3cncc(F)c3)cs2)c1. The average Bonchev–Trinajstić information content (AvgIpc) is 2.97. The Hall–Kier alpha value is -2.67. The lowest BCUT2D eigenvalue weighted by Crippen LogP contribution is -1.97. The van der Waals surface area contributed by atoms with E-state index >= 15 is 0 Å². The Morgan fingerprint density at radius 3 is 2.86 bits per heavy atom. The van der Waals surface area contributed by atoms with Crippen LogP contribution in [0.1, 0.15) is 10.4 Å². The number of thiazole rings is 1. The summed E-state index contributed by atoms with van der Waals surface area (Å²) in [7, 11) is 0. The van der Waals surface area contributed by atoms with Crippen LogP contribution in [0, 0.1) is 5.82 Å². The molecule has 0 aliphatic carbocycles. The van der Waals surface area contributed by atoms with E-state index < -0.39 is 11.8 Å². The molecule has 21 heavy (non-hydrogen) atoms. The van der Waals surface area contributed by atoms with E-state index in [1.807, 2.05) is 0 Å². The molecule has 5 nitrogen and oxygen atoms in total. The smallest absolute Gasteiger partial charge is 0.335 e.